The van der Waals surface area contributed by atoms with E-state index in [4.69, 9.17) is 4.42 Å². The smallest absolute Gasteiger partial charge is 0.224 e. The quantitative estimate of drug-likeness (QED) is 0.805. The lowest BCUT2D eigenvalue weighted by molar-refractivity contribution is -0.120. The third-order valence-corrected chi connectivity index (χ3v) is 3.36. The van der Waals surface area contributed by atoms with Crippen LogP contribution in [-0.2, 0) is 17.8 Å². The van der Waals surface area contributed by atoms with Gasteiger partial charge in [-0.05, 0) is 29.3 Å². The lowest BCUT2D eigenvalue weighted by Crippen LogP contribution is -2.24. The van der Waals surface area contributed by atoms with Crippen molar-refractivity contribution >= 4 is 17.0 Å². The molecule has 1 aromatic heterocycles. The van der Waals surface area contributed by atoms with E-state index in [1.165, 1.54) is 6.07 Å². The van der Waals surface area contributed by atoms with Gasteiger partial charge in [-0.25, -0.2) is 9.37 Å². The molecule has 3 rings (SSSR count). The molecule has 5 heteroatoms. The molecule has 3 aromatic rings. The Balaban J connectivity index is 1.63. The second-order valence-electron chi connectivity index (χ2n) is 5.08. The zero-order valence-electron chi connectivity index (χ0n) is 12.1. The molecule has 0 spiro atoms. The Labute approximate surface area is 127 Å². The molecule has 0 unspecified atom stereocenters. The first-order valence-electron chi connectivity index (χ1n) is 6.98. The maximum Gasteiger partial charge on any atom is 0.224 e. The molecular weight excluding hydrogens is 283 g/mol. The summed E-state index contributed by atoms with van der Waals surface area (Å²) in [5, 5.41) is 2.78. The first-order valence-corrected chi connectivity index (χ1v) is 6.98. The fourth-order valence-corrected chi connectivity index (χ4v) is 2.28. The van der Waals surface area contributed by atoms with Gasteiger partial charge < -0.3 is 9.73 Å². The van der Waals surface area contributed by atoms with Crippen molar-refractivity contribution in [2.45, 2.75) is 19.9 Å². The van der Waals surface area contributed by atoms with Gasteiger partial charge in [0.25, 0.3) is 0 Å². The van der Waals surface area contributed by atoms with Crippen LogP contribution < -0.4 is 5.32 Å². The average Bonchev–Trinajstić information content (AvgIpc) is 2.87. The van der Waals surface area contributed by atoms with E-state index in [0.717, 1.165) is 16.7 Å². The van der Waals surface area contributed by atoms with Crippen LogP contribution in [0.4, 0.5) is 4.39 Å². The van der Waals surface area contributed by atoms with Gasteiger partial charge in [-0.15, -0.1) is 0 Å². The molecule has 2 aromatic carbocycles. The van der Waals surface area contributed by atoms with Crippen LogP contribution in [-0.4, -0.2) is 10.9 Å². The lowest BCUT2D eigenvalue weighted by atomic mass is 10.1. The normalized spacial score (nSPS) is 10.8. The van der Waals surface area contributed by atoms with Crippen molar-refractivity contribution in [1.29, 1.82) is 0 Å². The molecule has 112 valence electrons. The van der Waals surface area contributed by atoms with Gasteiger partial charge >= 0.3 is 0 Å². The van der Waals surface area contributed by atoms with E-state index in [1.54, 1.807) is 25.1 Å². The molecule has 4 nitrogen and oxygen atoms in total. The zero-order valence-corrected chi connectivity index (χ0v) is 12.1. The summed E-state index contributed by atoms with van der Waals surface area (Å²) in [6.45, 7) is 2.16. The fraction of sp³-hybridized carbons (Fsp3) is 0.176. The average molecular weight is 298 g/mol. The number of hydrogen-bond donors (Lipinski definition) is 1. The maximum atomic E-state index is 13.5. The van der Waals surface area contributed by atoms with E-state index >= 15 is 0 Å². The number of aromatic nitrogens is 1. The van der Waals surface area contributed by atoms with Crippen LogP contribution in [0.1, 0.15) is 17.0 Å². The SMILES string of the molecule is Cc1nc2cc(CNC(=O)Cc3ccccc3F)ccc2o1. The summed E-state index contributed by atoms with van der Waals surface area (Å²) in [7, 11) is 0. The van der Waals surface area contributed by atoms with Crippen LogP contribution in [0.15, 0.2) is 46.9 Å². The summed E-state index contributed by atoms with van der Waals surface area (Å²) >= 11 is 0. The molecule has 0 saturated carbocycles. The Kier molecular flexibility index (Phi) is 3.87. The monoisotopic (exact) mass is 298 g/mol. The molecule has 1 amide bonds. The standard InChI is InChI=1S/C17H15FN2O2/c1-11-20-15-8-12(6-7-16(15)22-11)10-19-17(21)9-13-4-2-3-5-14(13)18/h2-8H,9-10H2,1H3,(H,19,21). The number of nitrogens with one attached hydrogen (secondary N) is 1. The Morgan fingerprint density at radius 1 is 1.27 bits per heavy atom. The third kappa shape index (κ3) is 3.14. The molecule has 0 aliphatic carbocycles. The number of hydrogen-bond acceptors (Lipinski definition) is 3. The molecule has 0 fully saturated rings. The number of oxazole rings is 1. The van der Waals surface area contributed by atoms with Crippen molar-refractivity contribution in [3.63, 3.8) is 0 Å². The van der Waals surface area contributed by atoms with Crippen LogP contribution >= 0.6 is 0 Å². The van der Waals surface area contributed by atoms with Crippen molar-refractivity contribution in [1.82, 2.24) is 10.3 Å². The molecule has 0 aliphatic heterocycles. The first-order chi connectivity index (χ1) is 10.6. The van der Waals surface area contributed by atoms with Gasteiger partial charge in [0.1, 0.15) is 11.3 Å². The molecule has 0 atom stereocenters. The van der Waals surface area contributed by atoms with E-state index in [0.29, 0.717) is 18.0 Å². The number of benzene rings is 2. The number of carbonyl (C=O) groups excluding carboxylic acids is 1. The van der Waals surface area contributed by atoms with Crippen molar-refractivity contribution in [2.24, 2.45) is 0 Å². The fourth-order valence-electron chi connectivity index (χ4n) is 2.28. The molecular formula is C17H15FN2O2. The van der Waals surface area contributed by atoms with Crippen LogP contribution in [0.2, 0.25) is 0 Å². The molecule has 0 radical (unpaired) electrons. The summed E-state index contributed by atoms with van der Waals surface area (Å²) < 4.78 is 18.9. The molecule has 0 saturated heterocycles. The van der Waals surface area contributed by atoms with Gasteiger partial charge in [-0.3, -0.25) is 4.79 Å². The van der Waals surface area contributed by atoms with E-state index in [2.05, 4.69) is 10.3 Å². The van der Waals surface area contributed by atoms with Gasteiger partial charge in [0.05, 0.1) is 6.42 Å². The summed E-state index contributed by atoms with van der Waals surface area (Å²) in [5.74, 6) is 0.0226. The first kappa shape index (κ1) is 14.3. The highest BCUT2D eigenvalue weighted by Gasteiger charge is 2.08. The van der Waals surface area contributed by atoms with Crippen molar-refractivity contribution in [3.8, 4) is 0 Å². The van der Waals surface area contributed by atoms with Crippen molar-refractivity contribution in [2.75, 3.05) is 0 Å². The largest absolute Gasteiger partial charge is 0.441 e. The Bertz CT molecular complexity index is 826. The number of carbonyl (C=O) groups is 1. The molecule has 22 heavy (non-hydrogen) atoms. The number of nitrogens with zero attached hydrogens (tertiary/aromatic N) is 1. The van der Waals surface area contributed by atoms with Crippen LogP contribution in [0, 0.1) is 12.7 Å². The van der Waals surface area contributed by atoms with Gasteiger partial charge in [0, 0.05) is 13.5 Å². The highest BCUT2D eigenvalue weighted by Crippen LogP contribution is 2.16. The number of halogens is 1. The second kappa shape index (κ2) is 5.97. The zero-order chi connectivity index (χ0) is 15.5. The van der Waals surface area contributed by atoms with Gasteiger partial charge in [0.2, 0.25) is 5.91 Å². The van der Waals surface area contributed by atoms with Crippen molar-refractivity contribution < 1.29 is 13.6 Å². The summed E-state index contributed by atoms with van der Waals surface area (Å²) in [4.78, 5) is 16.1. The maximum absolute atomic E-state index is 13.5. The van der Waals surface area contributed by atoms with E-state index in [1.807, 2.05) is 18.2 Å². The Morgan fingerprint density at radius 2 is 2.09 bits per heavy atom. The minimum Gasteiger partial charge on any atom is -0.441 e. The van der Waals surface area contributed by atoms with Crippen LogP contribution in [0.5, 0.6) is 0 Å². The van der Waals surface area contributed by atoms with Gasteiger partial charge in [-0.1, -0.05) is 24.3 Å². The minimum absolute atomic E-state index is 0.0258. The predicted molar refractivity (Wildman–Crippen MR) is 80.7 cm³/mol. The summed E-state index contributed by atoms with van der Waals surface area (Å²) in [6, 6.07) is 11.8. The molecule has 1 heterocycles. The van der Waals surface area contributed by atoms with Crippen LogP contribution in [0.25, 0.3) is 11.1 Å². The van der Waals surface area contributed by atoms with Crippen molar-refractivity contribution in [3.05, 3.63) is 65.3 Å². The number of rotatable bonds is 4. The minimum atomic E-state index is -0.364. The van der Waals surface area contributed by atoms with Gasteiger partial charge in [-0.2, -0.15) is 0 Å². The highest BCUT2D eigenvalue weighted by atomic mass is 19.1. The van der Waals surface area contributed by atoms with E-state index in [9.17, 15) is 9.18 Å². The summed E-state index contributed by atoms with van der Waals surface area (Å²) in [5.41, 5.74) is 2.79. The lowest BCUT2D eigenvalue weighted by Gasteiger charge is -2.06. The molecule has 1 N–H and O–H groups in total. The molecule has 0 bridgehead atoms. The third-order valence-electron chi connectivity index (χ3n) is 3.36. The predicted octanol–water partition coefficient (Wildman–Crippen LogP) is 3.13. The summed E-state index contributed by atoms with van der Waals surface area (Å²) in [6.07, 6.45) is 0.0258. The van der Waals surface area contributed by atoms with Gasteiger partial charge in [0.15, 0.2) is 11.5 Å². The van der Waals surface area contributed by atoms with Crippen LogP contribution in [0.3, 0.4) is 0 Å². The van der Waals surface area contributed by atoms with E-state index in [-0.39, 0.29) is 18.1 Å². The number of aryl methyl sites for hydroxylation is 1. The Morgan fingerprint density at radius 3 is 2.91 bits per heavy atom. The molecule has 0 aliphatic rings. The highest BCUT2D eigenvalue weighted by molar-refractivity contribution is 5.79. The number of amides is 1. The Hall–Kier alpha value is -2.69. The number of fused-ring (bicyclic) bond motifs is 1. The topological polar surface area (TPSA) is 55.1 Å². The van der Waals surface area contributed by atoms with E-state index < -0.39 is 0 Å². The second-order valence-corrected chi connectivity index (χ2v) is 5.08.